The molecule has 3 heteroatoms. The molecule has 3 nitrogen and oxygen atoms in total. The van der Waals surface area contributed by atoms with E-state index >= 15 is 0 Å². The van der Waals surface area contributed by atoms with Crippen molar-refractivity contribution in [3.63, 3.8) is 0 Å². The summed E-state index contributed by atoms with van der Waals surface area (Å²) in [4.78, 5) is 0. The highest BCUT2D eigenvalue weighted by molar-refractivity contribution is 5.96. The fourth-order valence-electron chi connectivity index (χ4n) is 8.46. The summed E-state index contributed by atoms with van der Waals surface area (Å²) in [7, 11) is 0. The summed E-state index contributed by atoms with van der Waals surface area (Å²) < 4.78 is 6.60. The molecule has 26 heavy (non-hydrogen) atoms. The summed E-state index contributed by atoms with van der Waals surface area (Å²) in [5, 5.41) is 12.7. The number of hydrogen-bond acceptors (Lipinski definition) is 3. The number of allylic oxidation sites excluding steroid dienone is 2. The molecule has 1 N–H and O–H groups in total. The first-order valence-electron chi connectivity index (χ1n) is 10.9. The standard InChI is InChI=1S/C23H31NO2/c1-21-9-7-18-17-6-4-16(24-25)13-15(17)3-5-19(18)20(21)14-22(10-11-22)23(21)8-2-12-26-23/h2,8,13,17-20,25H,3-7,9-12,14H2,1H3/b24-16+/t17?,18?,19?,20?,21-,23+/m0/s1. The van der Waals surface area contributed by atoms with Crippen molar-refractivity contribution in [2.45, 2.75) is 70.3 Å². The largest absolute Gasteiger partial charge is 0.411 e. The first-order chi connectivity index (χ1) is 12.6. The van der Waals surface area contributed by atoms with Gasteiger partial charge in [-0.1, -0.05) is 29.8 Å². The molecule has 0 aromatic carbocycles. The third kappa shape index (κ3) is 1.72. The van der Waals surface area contributed by atoms with Crippen molar-refractivity contribution in [1.82, 2.24) is 0 Å². The van der Waals surface area contributed by atoms with Crippen LogP contribution in [0.5, 0.6) is 0 Å². The topological polar surface area (TPSA) is 41.8 Å². The number of fused-ring (bicyclic) bond motifs is 7. The van der Waals surface area contributed by atoms with Gasteiger partial charge in [-0.2, -0.15) is 0 Å². The van der Waals surface area contributed by atoms with Crippen LogP contribution in [0.2, 0.25) is 0 Å². The Morgan fingerprint density at radius 2 is 2.00 bits per heavy atom. The van der Waals surface area contributed by atoms with Crippen molar-refractivity contribution in [1.29, 1.82) is 0 Å². The van der Waals surface area contributed by atoms with Gasteiger partial charge >= 0.3 is 0 Å². The van der Waals surface area contributed by atoms with Crippen LogP contribution in [0.15, 0.2) is 29.0 Å². The van der Waals surface area contributed by atoms with Gasteiger partial charge in [-0.15, -0.1) is 0 Å². The van der Waals surface area contributed by atoms with Crippen LogP contribution in [0.1, 0.15) is 64.7 Å². The maximum Gasteiger partial charge on any atom is 0.0979 e. The molecule has 0 bridgehead atoms. The Morgan fingerprint density at radius 3 is 2.73 bits per heavy atom. The lowest BCUT2D eigenvalue weighted by molar-refractivity contribution is -0.128. The van der Waals surface area contributed by atoms with Gasteiger partial charge in [0.2, 0.25) is 0 Å². The molecule has 6 rings (SSSR count). The minimum atomic E-state index is 0.0506. The van der Waals surface area contributed by atoms with Gasteiger partial charge in [0.15, 0.2) is 0 Å². The Kier molecular flexibility index (Phi) is 3.08. The number of hydrogen-bond donors (Lipinski definition) is 1. The second kappa shape index (κ2) is 5.04. The van der Waals surface area contributed by atoms with Crippen molar-refractivity contribution in [3.05, 3.63) is 23.8 Å². The molecule has 4 unspecified atom stereocenters. The number of ether oxygens (including phenoxy) is 1. The minimum Gasteiger partial charge on any atom is -0.411 e. The van der Waals surface area contributed by atoms with Crippen LogP contribution in [0.25, 0.3) is 0 Å². The van der Waals surface area contributed by atoms with Gasteiger partial charge in [-0.25, -0.2) is 0 Å². The lowest BCUT2D eigenvalue weighted by Gasteiger charge is -2.56. The molecule has 5 aliphatic carbocycles. The van der Waals surface area contributed by atoms with Gasteiger partial charge in [0.05, 0.1) is 17.9 Å². The predicted octanol–water partition coefficient (Wildman–Crippen LogP) is 5.10. The molecule has 2 spiro atoms. The van der Waals surface area contributed by atoms with Crippen LogP contribution >= 0.6 is 0 Å². The first-order valence-corrected chi connectivity index (χ1v) is 10.9. The molecule has 0 saturated heterocycles. The Balaban J connectivity index is 1.36. The summed E-state index contributed by atoms with van der Waals surface area (Å²) in [6, 6.07) is 0. The third-order valence-electron chi connectivity index (χ3n) is 9.69. The van der Waals surface area contributed by atoms with Gasteiger partial charge < -0.3 is 9.94 Å². The van der Waals surface area contributed by atoms with Crippen molar-refractivity contribution < 1.29 is 9.94 Å². The zero-order valence-corrected chi connectivity index (χ0v) is 15.9. The highest BCUT2D eigenvalue weighted by Crippen LogP contribution is 2.78. The zero-order valence-electron chi connectivity index (χ0n) is 15.9. The van der Waals surface area contributed by atoms with E-state index in [9.17, 15) is 5.21 Å². The highest BCUT2D eigenvalue weighted by Gasteiger charge is 2.76. The third-order valence-corrected chi connectivity index (χ3v) is 9.69. The van der Waals surface area contributed by atoms with E-state index in [1.807, 2.05) is 0 Å². The van der Waals surface area contributed by atoms with Crippen LogP contribution in [-0.2, 0) is 4.74 Å². The predicted molar refractivity (Wildman–Crippen MR) is 101 cm³/mol. The van der Waals surface area contributed by atoms with Crippen LogP contribution in [0.3, 0.4) is 0 Å². The van der Waals surface area contributed by atoms with E-state index in [1.54, 1.807) is 5.57 Å². The molecule has 0 aromatic rings. The quantitative estimate of drug-likeness (QED) is 0.374. The fourth-order valence-corrected chi connectivity index (χ4v) is 8.46. The second-order valence-electron chi connectivity index (χ2n) is 10.3. The molecule has 1 aliphatic heterocycles. The molecule has 6 aliphatic rings. The van der Waals surface area contributed by atoms with E-state index in [4.69, 9.17) is 4.74 Å². The molecule has 0 amide bonds. The molecule has 140 valence electrons. The van der Waals surface area contributed by atoms with Crippen molar-refractivity contribution >= 4 is 5.71 Å². The highest BCUT2D eigenvalue weighted by atomic mass is 16.5. The van der Waals surface area contributed by atoms with Crippen LogP contribution in [-0.4, -0.2) is 23.1 Å². The van der Waals surface area contributed by atoms with Gasteiger partial charge in [0, 0.05) is 10.8 Å². The smallest absolute Gasteiger partial charge is 0.0979 e. The zero-order chi connectivity index (χ0) is 17.6. The fraction of sp³-hybridized carbons (Fsp3) is 0.783. The summed E-state index contributed by atoms with van der Waals surface area (Å²) in [5.41, 5.74) is 3.34. The van der Waals surface area contributed by atoms with E-state index < -0.39 is 0 Å². The maximum absolute atomic E-state index is 9.18. The van der Waals surface area contributed by atoms with E-state index in [2.05, 4.69) is 30.3 Å². The normalized spacial score (nSPS) is 52.0. The molecule has 1 heterocycles. The van der Waals surface area contributed by atoms with E-state index in [0.29, 0.717) is 10.8 Å². The molecular formula is C23H31NO2. The molecule has 0 aromatic heterocycles. The van der Waals surface area contributed by atoms with Crippen LogP contribution in [0.4, 0.5) is 0 Å². The molecule has 4 saturated carbocycles. The molecule has 0 radical (unpaired) electrons. The number of nitrogens with zero attached hydrogens (tertiary/aromatic N) is 1. The number of oxime groups is 1. The summed E-state index contributed by atoms with van der Waals surface area (Å²) in [6.45, 7) is 3.41. The van der Waals surface area contributed by atoms with Gasteiger partial charge in [0.1, 0.15) is 0 Å². The first kappa shape index (κ1) is 15.9. The average Bonchev–Trinajstić information content (AvgIpc) is 3.20. The Labute approximate surface area is 156 Å². The van der Waals surface area contributed by atoms with Gasteiger partial charge in [0.25, 0.3) is 0 Å². The Morgan fingerprint density at radius 1 is 1.12 bits per heavy atom. The Hall–Kier alpha value is -1.09. The number of rotatable bonds is 0. The van der Waals surface area contributed by atoms with E-state index in [0.717, 1.165) is 42.4 Å². The van der Waals surface area contributed by atoms with Gasteiger partial charge in [-0.3, -0.25) is 0 Å². The monoisotopic (exact) mass is 353 g/mol. The average molecular weight is 354 g/mol. The van der Waals surface area contributed by atoms with Crippen molar-refractivity contribution in [3.8, 4) is 0 Å². The van der Waals surface area contributed by atoms with Gasteiger partial charge in [-0.05, 0) is 87.5 Å². The summed E-state index contributed by atoms with van der Waals surface area (Å²) in [6.07, 6.45) is 18.6. The van der Waals surface area contributed by atoms with E-state index in [1.165, 1.54) is 51.4 Å². The molecular weight excluding hydrogens is 322 g/mol. The maximum atomic E-state index is 9.18. The van der Waals surface area contributed by atoms with Crippen molar-refractivity contribution in [2.24, 2.45) is 39.7 Å². The second-order valence-corrected chi connectivity index (χ2v) is 10.3. The molecule has 6 atom stereocenters. The van der Waals surface area contributed by atoms with Crippen LogP contribution < -0.4 is 0 Å². The lowest BCUT2D eigenvalue weighted by Crippen LogP contribution is -2.54. The minimum absolute atomic E-state index is 0.0506. The van der Waals surface area contributed by atoms with E-state index in [-0.39, 0.29) is 5.60 Å². The summed E-state index contributed by atoms with van der Waals surface area (Å²) >= 11 is 0. The lowest BCUT2D eigenvalue weighted by atomic mass is 9.50. The van der Waals surface area contributed by atoms with Crippen LogP contribution in [0, 0.1) is 34.5 Å². The summed E-state index contributed by atoms with van der Waals surface area (Å²) in [5.74, 6) is 3.30. The Bertz CT molecular complexity index is 732. The molecule has 4 fully saturated rings. The SMILES string of the molecule is C[C@]12CCC3C4CC/C(=N\O)C=C4CCC3C1CC1(CC1)[C@@]21C=CCO1. The van der Waals surface area contributed by atoms with Crippen molar-refractivity contribution in [2.75, 3.05) is 6.61 Å².